The molecule has 1 aliphatic rings. The summed E-state index contributed by atoms with van der Waals surface area (Å²) in [5, 5.41) is 0. The molecule has 0 saturated carbocycles. The van der Waals surface area contributed by atoms with Crippen LogP contribution >= 0.6 is 0 Å². The lowest BCUT2D eigenvalue weighted by molar-refractivity contribution is -0.139. The predicted molar refractivity (Wildman–Crippen MR) is 90.5 cm³/mol. The van der Waals surface area contributed by atoms with Crippen molar-refractivity contribution in [2.45, 2.75) is 25.6 Å². The van der Waals surface area contributed by atoms with Gasteiger partial charge in [-0.1, -0.05) is 42.5 Å². The molecule has 1 aliphatic heterocycles. The first kappa shape index (κ1) is 16.1. The van der Waals surface area contributed by atoms with E-state index in [-0.39, 0.29) is 12.1 Å². The molecule has 1 unspecified atom stereocenters. The van der Waals surface area contributed by atoms with E-state index in [0.29, 0.717) is 18.8 Å². The van der Waals surface area contributed by atoms with E-state index in [0.717, 1.165) is 17.7 Å². The molecule has 4 heteroatoms. The van der Waals surface area contributed by atoms with Crippen LogP contribution in [0.1, 0.15) is 17.5 Å². The summed E-state index contributed by atoms with van der Waals surface area (Å²) in [7, 11) is 1.56. The first-order valence-corrected chi connectivity index (χ1v) is 7.96. The van der Waals surface area contributed by atoms with Crippen LogP contribution < -0.4 is 4.74 Å². The monoisotopic (exact) mass is 324 g/mol. The van der Waals surface area contributed by atoms with E-state index in [1.54, 1.807) is 7.11 Å². The molecule has 0 fully saturated rings. The van der Waals surface area contributed by atoms with Crippen molar-refractivity contribution in [2.24, 2.45) is 0 Å². The number of rotatable bonds is 7. The normalized spacial score (nSPS) is 16.5. The summed E-state index contributed by atoms with van der Waals surface area (Å²) in [6.45, 7) is 0.556. The SMILES string of the molecule is COC1=CC(=O)OC1CCc1ccc(OCc2ccccc2)cc1. The lowest BCUT2D eigenvalue weighted by Gasteiger charge is -2.13. The van der Waals surface area contributed by atoms with Gasteiger partial charge >= 0.3 is 5.97 Å². The predicted octanol–water partition coefficient (Wildman–Crippen LogP) is 3.65. The van der Waals surface area contributed by atoms with Crippen molar-refractivity contribution in [1.29, 1.82) is 0 Å². The fraction of sp³-hybridized carbons (Fsp3) is 0.250. The number of ether oxygens (including phenoxy) is 3. The lowest BCUT2D eigenvalue weighted by Crippen LogP contribution is -2.13. The van der Waals surface area contributed by atoms with Gasteiger partial charge in [-0.2, -0.15) is 0 Å². The Hall–Kier alpha value is -2.75. The average molecular weight is 324 g/mol. The second-order valence-electron chi connectivity index (χ2n) is 5.63. The van der Waals surface area contributed by atoms with E-state index < -0.39 is 0 Å². The topological polar surface area (TPSA) is 44.8 Å². The number of hydrogen-bond acceptors (Lipinski definition) is 4. The Bertz CT molecular complexity index is 704. The highest BCUT2D eigenvalue weighted by Gasteiger charge is 2.26. The van der Waals surface area contributed by atoms with Gasteiger partial charge in [-0.05, 0) is 36.1 Å². The van der Waals surface area contributed by atoms with Gasteiger partial charge in [0.1, 0.15) is 18.1 Å². The number of hydrogen-bond donors (Lipinski definition) is 0. The Labute approximate surface area is 141 Å². The van der Waals surface area contributed by atoms with Crippen LogP contribution in [0, 0.1) is 0 Å². The van der Waals surface area contributed by atoms with Crippen LogP contribution in [0.2, 0.25) is 0 Å². The van der Waals surface area contributed by atoms with Gasteiger partial charge < -0.3 is 14.2 Å². The third kappa shape index (κ3) is 4.16. The van der Waals surface area contributed by atoms with Gasteiger partial charge in [-0.3, -0.25) is 0 Å². The van der Waals surface area contributed by atoms with Crippen molar-refractivity contribution in [3.05, 3.63) is 77.6 Å². The standard InChI is InChI=1S/C20H20O4/c1-22-19-13-20(21)24-18(19)12-9-15-7-10-17(11-8-15)23-14-16-5-3-2-4-6-16/h2-8,10-11,13,18H,9,12,14H2,1H3. The van der Waals surface area contributed by atoms with Crippen LogP contribution in [0.4, 0.5) is 0 Å². The van der Waals surface area contributed by atoms with Crippen molar-refractivity contribution >= 4 is 5.97 Å². The molecule has 0 bridgehead atoms. The Balaban J connectivity index is 1.50. The molecule has 0 radical (unpaired) electrons. The summed E-state index contributed by atoms with van der Waals surface area (Å²) in [4.78, 5) is 11.3. The van der Waals surface area contributed by atoms with Crippen molar-refractivity contribution in [1.82, 2.24) is 0 Å². The quantitative estimate of drug-likeness (QED) is 0.729. The number of methoxy groups -OCH3 is 1. The van der Waals surface area contributed by atoms with Crippen molar-refractivity contribution in [3.8, 4) is 5.75 Å². The second-order valence-corrected chi connectivity index (χ2v) is 5.63. The minimum absolute atomic E-state index is 0.281. The molecule has 0 aromatic heterocycles. The molecule has 4 nitrogen and oxygen atoms in total. The first-order valence-electron chi connectivity index (χ1n) is 7.96. The highest BCUT2D eigenvalue weighted by molar-refractivity contribution is 5.85. The third-order valence-corrected chi connectivity index (χ3v) is 3.94. The molecule has 1 atom stereocenters. The zero-order valence-electron chi connectivity index (χ0n) is 13.6. The summed E-state index contributed by atoms with van der Waals surface area (Å²) in [5.74, 6) is 1.11. The van der Waals surface area contributed by atoms with E-state index in [9.17, 15) is 4.79 Å². The summed E-state index contributed by atoms with van der Waals surface area (Å²) < 4.78 is 16.2. The summed E-state index contributed by atoms with van der Waals surface area (Å²) in [5.41, 5.74) is 2.31. The number of carbonyl (C=O) groups excluding carboxylic acids is 1. The molecule has 2 aromatic rings. The van der Waals surface area contributed by atoms with Gasteiger partial charge in [0, 0.05) is 0 Å². The maximum absolute atomic E-state index is 11.3. The fourth-order valence-corrected chi connectivity index (χ4v) is 2.62. The first-order chi connectivity index (χ1) is 11.7. The van der Waals surface area contributed by atoms with Gasteiger partial charge in [-0.15, -0.1) is 0 Å². The van der Waals surface area contributed by atoms with E-state index in [2.05, 4.69) is 0 Å². The zero-order chi connectivity index (χ0) is 16.8. The molecule has 0 aliphatic carbocycles. The smallest absolute Gasteiger partial charge is 0.335 e. The Morgan fingerprint density at radius 3 is 2.46 bits per heavy atom. The van der Waals surface area contributed by atoms with E-state index >= 15 is 0 Å². The summed E-state index contributed by atoms with van der Waals surface area (Å²) >= 11 is 0. The van der Waals surface area contributed by atoms with Crippen molar-refractivity contribution in [2.75, 3.05) is 7.11 Å². The summed E-state index contributed by atoms with van der Waals surface area (Å²) in [6.07, 6.45) is 2.63. The molecule has 2 aromatic carbocycles. The van der Waals surface area contributed by atoms with Gasteiger partial charge in [0.25, 0.3) is 0 Å². The van der Waals surface area contributed by atoms with E-state index in [4.69, 9.17) is 14.2 Å². The molecule has 24 heavy (non-hydrogen) atoms. The van der Waals surface area contributed by atoms with Gasteiger partial charge in [0.2, 0.25) is 0 Å². The molecule has 1 heterocycles. The van der Waals surface area contributed by atoms with Crippen LogP contribution in [0.25, 0.3) is 0 Å². The molecule has 0 saturated heterocycles. The average Bonchev–Trinajstić information content (AvgIpc) is 3.00. The largest absolute Gasteiger partial charge is 0.497 e. The molecule has 0 amide bonds. The molecular formula is C20H20O4. The van der Waals surface area contributed by atoms with Crippen LogP contribution in [0.3, 0.4) is 0 Å². The molecular weight excluding hydrogens is 304 g/mol. The number of esters is 1. The van der Waals surface area contributed by atoms with Gasteiger partial charge in [0.15, 0.2) is 6.10 Å². The molecule has 0 N–H and O–H groups in total. The van der Waals surface area contributed by atoms with Crippen LogP contribution in [-0.4, -0.2) is 19.2 Å². The minimum atomic E-state index is -0.332. The molecule has 3 rings (SSSR count). The Morgan fingerprint density at radius 2 is 1.75 bits per heavy atom. The minimum Gasteiger partial charge on any atom is -0.497 e. The van der Waals surface area contributed by atoms with E-state index in [1.165, 1.54) is 11.6 Å². The van der Waals surface area contributed by atoms with Crippen LogP contribution in [0.5, 0.6) is 5.75 Å². The maximum atomic E-state index is 11.3. The van der Waals surface area contributed by atoms with Gasteiger partial charge in [-0.25, -0.2) is 4.79 Å². The van der Waals surface area contributed by atoms with Crippen LogP contribution in [-0.2, 0) is 27.3 Å². The number of cyclic esters (lactones) is 1. The van der Waals surface area contributed by atoms with Crippen LogP contribution in [0.15, 0.2) is 66.4 Å². The number of benzene rings is 2. The summed E-state index contributed by atoms with van der Waals surface area (Å²) in [6, 6.07) is 18.1. The maximum Gasteiger partial charge on any atom is 0.335 e. The highest BCUT2D eigenvalue weighted by Crippen LogP contribution is 2.22. The Kier molecular flexibility index (Phi) is 5.16. The van der Waals surface area contributed by atoms with Crippen molar-refractivity contribution < 1.29 is 19.0 Å². The molecule has 124 valence electrons. The fourth-order valence-electron chi connectivity index (χ4n) is 2.62. The Morgan fingerprint density at radius 1 is 1.00 bits per heavy atom. The van der Waals surface area contributed by atoms with Gasteiger partial charge in [0.05, 0.1) is 13.2 Å². The molecule has 0 spiro atoms. The van der Waals surface area contributed by atoms with Crippen molar-refractivity contribution in [3.63, 3.8) is 0 Å². The second kappa shape index (κ2) is 7.68. The lowest BCUT2D eigenvalue weighted by atomic mass is 10.1. The third-order valence-electron chi connectivity index (χ3n) is 3.94. The highest BCUT2D eigenvalue weighted by atomic mass is 16.6. The number of carbonyl (C=O) groups is 1. The zero-order valence-corrected chi connectivity index (χ0v) is 13.6. The van der Waals surface area contributed by atoms with E-state index in [1.807, 2.05) is 54.6 Å². The number of aryl methyl sites for hydroxylation is 1.